The first-order valence-electron chi connectivity index (χ1n) is 4.71. The smallest absolute Gasteiger partial charge is 0.0624 e. The van der Waals surface area contributed by atoms with E-state index in [4.69, 9.17) is 10.8 Å². The molecule has 1 rings (SSSR count). The summed E-state index contributed by atoms with van der Waals surface area (Å²) >= 11 is 3.44. The van der Waals surface area contributed by atoms with Crippen LogP contribution in [0.2, 0.25) is 0 Å². The van der Waals surface area contributed by atoms with Gasteiger partial charge >= 0.3 is 0 Å². The van der Waals surface area contributed by atoms with Crippen molar-refractivity contribution in [3.63, 3.8) is 0 Å². The second-order valence-corrected chi connectivity index (χ2v) is 4.68. The fourth-order valence-electron chi connectivity index (χ4n) is 1.29. The van der Waals surface area contributed by atoms with Crippen LogP contribution in [0.4, 0.5) is 0 Å². The van der Waals surface area contributed by atoms with Crippen molar-refractivity contribution in [3.05, 3.63) is 33.8 Å². The van der Waals surface area contributed by atoms with Crippen LogP contribution in [0.3, 0.4) is 0 Å². The Kier molecular flexibility index (Phi) is 4.11. The monoisotopic (exact) mass is 257 g/mol. The predicted molar refractivity (Wildman–Crippen MR) is 62.2 cm³/mol. The Labute approximate surface area is 93.3 Å². The van der Waals surface area contributed by atoms with Gasteiger partial charge in [0.05, 0.1) is 12.6 Å². The van der Waals surface area contributed by atoms with Crippen LogP contribution in [-0.2, 0) is 0 Å². The predicted octanol–water partition coefficient (Wildman–Crippen LogP) is 2.56. The molecular formula is C11H16BrNO. The van der Waals surface area contributed by atoms with Gasteiger partial charge in [0.15, 0.2) is 0 Å². The van der Waals surface area contributed by atoms with Crippen LogP contribution >= 0.6 is 15.9 Å². The quantitative estimate of drug-likeness (QED) is 0.875. The SMILES string of the molecule is CC(C)c1cc(Br)cc(C(N)CO)c1. The first-order chi connectivity index (χ1) is 6.54. The number of benzene rings is 1. The second kappa shape index (κ2) is 4.91. The molecule has 0 bridgehead atoms. The van der Waals surface area contributed by atoms with E-state index in [0.29, 0.717) is 5.92 Å². The molecule has 3 N–H and O–H groups in total. The second-order valence-electron chi connectivity index (χ2n) is 3.76. The van der Waals surface area contributed by atoms with E-state index in [1.165, 1.54) is 5.56 Å². The summed E-state index contributed by atoms with van der Waals surface area (Å²) in [4.78, 5) is 0. The van der Waals surface area contributed by atoms with E-state index in [1.54, 1.807) is 0 Å². The molecule has 0 aliphatic heterocycles. The Morgan fingerprint density at radius 2 is 1.86 bits per heavy atom. The molecular weight excluding hydrogens is 242 g/mol. The lowest BCUT2D eigenvalue weighted by atomic mass is 9.98. The summed E-state index contributed by atoms with van der Waals surface area (Å²) in [7, 11) is 0. The summed E-state index contributed by atoms with van der Waals surface area (Å²) in [5, 5.41) is 8.97. The summed E-state index contributed by atoms with van der Waals surface area (Å²) in [6.45, 7) is 4.25. The molecule has 0 fully saturated rings. The van der Waals surface area contributed by atoms with Gasteiger partial charge in [-0.3, -0.25) is 0 Å². The van der Waals surface area contributed by atoms with Crippen LogP contribution in [0, 0.1) is 0 Å². The molecule has 0 radical (unpaired) electrons. The van der Waals surface area contributed by atoms with Crippen LogP contribution in [-0.4, -0.2) is 11.7 Å². The summed E-state index contributed by atoms with van der Waals surface area (Å²) < 4.78 is 1.02. The number of rotatable bonds is 3. The molecule has 1 unspecified atom stereocenters. The van der Waals surface area contributed by atoms with E-state index in [0.717, 1.165) is 10.0 Å². The van der Waals surface area contributed by atoms with Gasteiger partial charge in [0.2, 0.25) is 0 Å². The average Bonchev–Trinajstić information content (AvgIpc) is 2.15. The minimum atomic E-state index is -0.287. The lowest BCUT2D eigenvalue weighted by molar-refractivity contribution is 0.268. The number of halogens is 1. The maximum Gasteiger partial charge on any atom is 0.0624 e. The molecule has 1 atom stereocenters. The third-order valence-electron chi connectivity index (χ3n) is 2.23. The molecule has 0 spiro atoms. The molecule has 0 saturated heterocycles. The number of hydrogen-bond donors (Lipinski definition) is 2. The van der Waals surface area contributed by atoms with Crippen molar-refractivity contribution in [3.8, 4) is 0 Å². The minimum absolute atomic E-state index is 0.0199. The first-order valence-corrected chi connectivity index (χ1v) is 5.50. The molecule has 3 heteroatoms. The molecule has 0 saturated carbocycles. The Hall–Kier alpha value is -0.380. The standard InChI is InChI=1S/C11H16BrNO/c1-7(2)8-3-9(11(13)6-14)5-10(12)4-8/h3-5,7,11,14H,6,13H2,1-2H3. The van der Waals surface area contributed by atoms with Crippen molar-refractivity contribution in [2.45, 2.75) is 25.8 Å². The highest BCUT2D eigenvalue weighted by Crippen LogP contribution is 2.24. The zero-order valence-corrected chi connectivity index (χ0v) is 10.1. The van der Waals surface area contributed by atoms with Gasteiger partial charge in [0.1, 0.15) is 0 Å². The van der Waals surface area contributed by atoms with Crippen molar-refractivity contribution in [1.29, 1.82) is 0 Å². The highest BCUT2D eigenvalue weighted by atomic mass is 79.9. The number of aliphatic hydroxyl groups excluding tert-OH is 1. The van der Waals surface area contributed by atoms with E-state index in [-0.39, 0.29) is 12.6 Å². The molecule has 0 heterocycles. The summed E-state index contributed by atoms with van der Waals surface area (Å²) in [6.07, 6.45) is 0. The lowest BCUT2D eigenvalue weighted by Crippen LogP contribution is -2.14. The Morgan fingerprint density at radius 1 is 1.29 bits per heavy atom. The summed E-state index contributed by atoms with van der Waals surface area (Å²) in [5.74, 6) is 0.470. The van der Waals surface area contributed by atoms with Gasteiger partial charge in [-0.25, -0.2) is 0 Å². The number of nitrogens with two attached hydrogens (primary N) is 1. The van der Waals surface area contributed by atoms with Gasteiger partial charge in [-0.15, -0.1) is 0 Å². The van der Waals surface area contributed by atoms with E-state index in [1.807, 2.05) is 6.07 Å². The van der Waals surface area contributed by atoms with Crippen molar-refractivity contribution in [2.75, 3.05) is 6.61 Å². The van der Waals surface area contributed by atoms with Gasteiger partial charge in [-0.1, -0.05) is 35.8 Å². The van der Waals surface area contributed by atoms with E-state index >= 15 is 0 Å². The molecule has 0 aliphatic carbocycles. The van der Waals surface area contributed by atoms with Gasteiger partial charge in [-0.05, 0) is 29.2 Å². The first kappa shape index (κ1) is 11.7. The molecule has 0 amide bonds. The third kappa shape index (κ3) is 2.80. The maximum absolute atomic E-state index is 8.97. The van der Waals surface area contributed by atoms with Crippen LogP contribution in [0.5, 0.6) is 0 Å². The number of hydrogen-bond acceptors (Lipinski definition) is 2. The maximum atomic E-state index is 8.97. The minimum Gasteiger partial charge on any atom is -0.394 e. The zero-order valence-electron chi connectivity index (χ0n) is 8.50. The zero-order chi connectivity index (χ0) is 10.7. The Bertz CT molecular complexity index is 312. The van der Waals surface area contributed by atoms with Crippen LogP contribution in [0.1, 0.15) is 36.9 Å². The van der Waals surface area contributed by atoms with Crippen LogP contribution < -0.4 is 5.73 Å². The lowest BCUT2D eigenvalue weighted by Gasteiger charge is -2.13. The molecule has 78 valence electrons. The van der Waals surface area contributed by atoms with Gasteiger partial charge in [-0.2, -0.15) is 0 Å². The van der Waals surface area contributed by atoms with Crippen molar-refractivity contribution < 1.29 is 5.11 Å². The Balaban J connectivity index is 3.07. The summed E-state index contributed by atoms with van der Waals surface area (Å²) in [6, 6.07) is 5.80. The summed E-state index contributed by atoms with van der Waals surface area (Å²) in [5.41, 5.74) is 7.97. The van der Waals surface area contributed by atoms with Crippen LogP contribution in [0.25, 0.3) is 0 Å². The van der Waals surface area contributed by atoms with Crippen LogP contribution in [0.15, 0.2) is 22.7 Å². The molecule has 1 aromatic rings. The third-order valence-corrected chi connectivity index (χ3v) is 2.69. The average molecular weight is 258 g/mol. The number of aliphatic hydroxyl groups is 1. The van der Waals surface area contributed by atoms with Crippen molar-refractivity contribution >= 4 is 15.9 Å². The van der Waals surface area contributed by atoms with Gasteiger partial charge in [0, 0.05) is 4.47 Å². The molecule has 0 aliphatic rings. The van der Waals surface area contributed by atoms with Crippen molar-refractivity contribution in [2.24, 2.45) is 5.73 Å². The van der Waals surface area contributed by atoms with Gasteiger partial charge < -0.3 is 10.8 Å². The highest BCUT2D eigenvalue weighted by Gasteiger charge is 2.08. The normalized spacial score (nSPS) is 13.3. The van der Waals surface area contributed by atoms with E-state index in [2.05, 4.69) is 41.9 Å². The topological polar surface area (TPSA) is 46.2 Å². The Morgan fingerprint density at radius 3 is 2.36 bits per heavy atom. The van der Waals surface area contributed by atoms with E-state index in [9.17, 15) is 0 Å². The fourth-order valence-corrected chi connectivity index (χ4v) is 1.82. The van der Waals surface area contributed by atoms with Gasteiger partial charge in [0.25, 0.3) is 0 Å². The molecule has 2 nitrogen and oxygen atoms in total. The largest absolute Gasteiger partial charge is 0.394 e. The van der Waals surface area contributed by atoms with Crippen molar-refractivity contribution in [1.82, 2.24) is 0 Å². The molecule has 0 aromatic heterocycles. The molecule has 14 heavy (non-hydrogen) atoms. The highest BCUT2D eigenvalue weighted by molar-refractivity contribution is 9.10. The fraction of sp³-hybridized carbons (Fsp3) is 0.455. The molecule has 1 aromatic carbocycles. The van der Waals surface area contributed by atoms with E-state index < -0.39 is 0 Å².